The van der Waals surface area contributed by atoms with Crippen LogP contribution in [0.1, 0.15) is 41.0 Å². The number of halogens is 1. The Hall–Kier alpha value is -4.24. The van der Waals surface area contributed by atoms with Gasteiger partial charge >= 0.3 is 0 Å². The number of nitrogens with zero attached hydrogens (tertiary/aromatic N) is 1. The van der Waals surface area contributed by atoms with Crippen LogP contribution in [0.5, 0.6) is 0 Å². The number of aryl methyl sites for hydroxylation is 3. The van der Waals surface area contributed by atoms with Crippen molar-refractivity contribution in [3.63, 3.8) is 0 Å². The van der Waals surface area contributed by atoms with Crippen LogP contribution in [0, 0.1) is 12.7 Å². The summed E-state index contributed by atoms with van der Waals surface area (Å²) < 4.78 is 24.2. The Morgan fingerprint density at radius 1 is 0.789 bits per heavy atom. The fourth-order valence-electron chi connectivity index (χ4n) is 6.33. The van der Waals surface area contributed by atoms with Gasteiger partial charge in [-0.3, -0.25) is 0 Å². The average molecular weight is 499 g/mol. The number of benzene rings is 4. The lowest BCUT2D eigenvalue weighted by Gasteiger charge is -2.26. The molecule has 2 aromatic heterocycles. The summed E-state index contributed by atoms with van der Waals surface area (Å²) in [7, 11) is 2.04. The molecule has 6 aromatic rings. The van der Waals surface area contributed by atoms with Gasteiger partial charge in [-0.15, -0.1) is 0 Å². The molecule has 0 amide bonds. The summed E-state index contributed by atoms with van der Waals surface area (Å²) in [5.41, 5.74) is 10.1. The predicted molar refractivity (Wildman–Crippen MR) is 152 cm³/mol. The van der Waals surface area contributed by atoms with Gasteiger partial charge in [0.2, 0.25) is 5.69 Å². The number of furan rings is 1. The van der Waals surface area contributed by atoms with Crippen molar-refractivity contribution in [3.8, 4) is 22.4 Å². The van der Waals surface area contributed by atoms with Gasteiger partial charge in [-0.1, -0.05) is 60.7 Å². The molecule has 0 radical (unpaired) electrons. The quantitative estimate of drug-likeness (QED) is 0.223. The number of aromatic nitrogens is 1. The molecule has 1 unspecified atom stereocenters. The van der Waals surface area contributed by atoms with Gasteiger partial charge < -0.3 is 4.42 Å². The number of rotatable bonds is 3. The van der Waals surface area contributed by atoms with Gasteiger partial charge in [0.25, 0.3) is 0 Å². The van der Waals surface area contributed by atoms with Crippen LogP contribution >= 0.6 is 0 Å². The molecule has 0 saturated heterocycles. The van der Waals surface area contributed by atoms with Crippen LogP contribution in [0.4, 0.5) is 4.39 Å². The third-order valence-electron chi connectivity index (χ3n) is 8.25. The fraction of sp³-hybridized carbons (Fsp3) is 0.171. The van der Waals surface area contributed by atoms with Crippen LogP contribution in [0.25, 0.3) is 44.3 Å². The molecule has 0 fully saturated rings. The van der Waals surface area contributed by atoms with Crippen molar-refractivity contribution in [1.82, 2.24) is 0 Å². The molecule has 38 heavy (non-hydrogen) atoms. The fourth-order valence-corrected chi connectivity index (χ4v) is 6.33. The van der Waals surface area contributed by atoms with E-state index in [1.807, 2.05) is 31.4 Å². The molecule has 186 valence electrons. The Bertz CT molecular complexity index is 1830. The molecule has 3 heteroatoms. The Balaban J connectivity index is 1.38. The van der Waals surface area contributed by atoms with Gasteiger partial charge in [-0.05, 0) is 72.2 Å². The van der Waals surface area contributed by atoms with E-state index >= 15 is 4.39 Å². The monoisotopic (exact) mass is 498 g/mol. The normalized spacial score (nSPS) is 15.2. The molecule has 0 N–H and O–H groups in total. The lowest BCUT2D eigenvalue weighted by molar-refractivity contribution is -0.660. The van der Waals surface area contributed by atoms with E-state index in [1.165, 1.54) is 23.1 Å². The van der Waals surface area contributed by atoms with Crippen molar-refractivity contribution in [1.29, 1.82) is 0 Å². The number of hydrogen-bond donors (Lipinski definition) is 0. The van der Waals surface area contributed by atoms with Crippen LogP contribution < -0.4 is 4.57 Å². The molecule has 1 aliphatic carbocycles. The third kappa shape index (κ3) is 3.57. The molecule has 0 saturated carbocycles. The van der Waals surface area contributed by atoms with Gasteiger partial charge in [-0.25, -0.2) is 8.96 Å². The lowest BCUT2D eigenvalue weighted by atomic mass is 9.79. The van der Waals surface area contributed by atoms with Crippen molar-refractivity contribution in [2.75, 3.05) is 0 Å². The van der Waals surface area contributed by atoms with Gasteiger partial charge in [-0.2, -0.15) is 0 Å². The van der Waals surface area contributed by atoms with Crippen LogP contribution in [-0.2, 0) is 13.5 Å². The van der Waals surface area contributed by atoms with Crippen molar-refractivity contribution in [2.24, 2.45) is 7.05 Å². The molecule has 0 bridgehead atoms. The number of fused-ring (bicyclic) bond motifs is 4. The predicted octanol–water partition coefficient (Wildman–Crippen LogP) is 8.66. The van der Waals surface area contributed by atoms with Crippen molar-refractivity contribution >= 4 is 21.9 Å². The summed E-state index contributed by atoms with van der Waals surface area (Å²) in [6.45, 7) is 2.10. The second-order valence-electron chi connectivity index (χ2n) is 10.5. The van der Waals surface area contributed by atoms with E-state index in [0.29, 0.717) is 17.1 Å². The van der Waals surface area contributed by atoms with Gasteiger partial charge in [0, 0.05) is 28.8 Å². The first kappa shape index (κ1) is 22.9. The van der Waals surface area contributed by atoms with Crippen molar-refractivity contribution in [3.05, 3.63) is 125 Å². The summed E-state index contributed by atoms with van der Waals surface area (Å²) in [5.74, 6) is 0.119. The van der Waals surface area contributed by atoms with Gasteiger partial charge in [0.1, 0.15) is 24.0 Å². The summed E-state index contributed by atoms with van der Waals surface area (Å²) in [6.07, 6.45) is 5.51. The average Bonchev–Trinajstić information content (AvgIpc) is 3.32. The zero-order valence-corrected chi connectivity index (χ0v) is 21.7. The summed E-state index contributed by atoms with van der Waals surface area (Å²) in [4.78, 5) is 0. The van der Waals surface area contributed by atoms with Crippen LogP contribution in [0.3, 0.4) is 0 Å². The van der Waals surface area contributed by atoms with E-state index in [0.717, 1.165) is 51.6 Å². The highest BCUT2D eigenvalue weighted by Gasteiger charge is 2.24. The Morgan fingerprint density at radius 3 is 2.34 bits per heavy atom. The molecular formula is C35H29FNO+. The summed E-state index contributed by atoms with van der Waals surface area (Å²) >= 11 is 0. The maximum Gasteiger partial charge on any atom is 0.216 e. The van der Waals surface area contributed by atoms with E-state index in [-0.39, 0.29) is 5.82 Å². The molecular weight excluding hydrogens is 469 g/mol. The van der Waals surface area contributed by atoms with Crippen molar-refractivity contribution in [2.45, 2.75) is 32.1 Å². The summed E-state index contributed by atoms with van der Waals surface area (Å²) in [5, 5.41) is 1.93. The minimum absolute atomic E-state index is 0.268. The smallest absolute Gasteiger partial charge is 0.216 e. The molecule has 1 aliphatic rings. The molecule has 2 heterocycles. The first-order chi connectivity index (χ1) is 18.6. The highest BCUT2D eigenvalue weighted by atomic mass is 19.1. The minimum atomic E-state index is -0.268. The number of hydrogen-bond acceptors (Lipinski definition) is 1. The number of pyridine rings is 1. The van der Waals surface area contributed by atoms with Gasteiger partial charge in [0.15, 0.2) is 6.20 Å². The SMILES string of the molecule is Cc1ccc2c(oc3c(-c4ccc(C5CCCc6ccccc65)cc4)c(F)ccc32)c1-c1cccc[n+]1C. The van der Waals surface area contributed by atoms with E-state index in [2.05, 4.69) is 78.2 Å². The van der Waals surface area contributed by atoms with E-state index in [4.69, 9.17) is 4.42 Å². The Kier molecular flexibility index (Phi) is 5.40. The van der Waals surface area contributed by atoms with E-state index < -0.39 is 0 Å². The van der Waals surface area contributed by atoms with Crippen molar-refractivity contribution < 1.29 is 13.4 Å². The molecule has 7 rings (SSSR count). The molecule has 0 spiro atoms. The molecule has 4 aromatic carbocycles. The molecule has 1 atom stereocenters. The Labute approximate surface area is 222 Å². The second-order valence-corrected chi connectivity index (χ2v) is 10.5. The maximum absolute atomic E-state index is 15.5. The topological polar surface area (TPSA) is 17.0 Å². The first-order valence-electron chi connectivity index (χ1n) is 13.4. The zero-order valence-electron chi connectivity index (χ0n) is 21.7. The maximum atomic E-state index is 15.5. The standard InChI is InChI=1S/C35H29FNO/c1-22-13-18-28-29-19-20-30(36)33(35(29)38-34(28)32(22)31-12-5-6-21-37(31)2)25-16-14-24(15-17-25)27-11-7-9-23-8-3-4-10-26(23)27/h3-6,8,10,12-21,27H,7,9,11H2,1-2H3/q+1. The third-order valence-corrected chi connectivity index (χ3v) is 8.25. The summed E-state index contributed by atoms with van der Waals surface area (Å²) in [6, 6.07) is 31.0. The van der Waals surface area contributed by atoms with Crippen LogP contribution in [0.2, 0.25) is 0 Å². The van der Waals surface area contributed by atoms with Crippen LogP contribution in [-0.4, -0.2) is 0 Å². The highest BCUT2D eigenvalue weighted by Crippen LogP contribution is 2.42. The van der Waals surface area contributed by atoms with E-state index in [1.54, 1.807) is 6.07 Å². The zero-order chi connectivity index (χ0) is 25.8. The Morgan fingerprint density at radius 2 is 1.53 bits per heavy atom. The molecule has 0 aliphatic heterocycles. The second kappa shape index (κ2) is 8.95. The van der Waals surface area contributed by atoms with E-state index in [9.17, 15) is 0 Å². The molecule has 2 nitrogen and oxygen atoms in total. The highest BCUT2D eigenvalue weighted by molar-refractivity contribution is 6.13. The first-order valence-corrected chi connectivity index (χ1v) is 13.4. The minimum Gasteiger partial charge on any atom is -0.454 e. The lowest BCUT2D eigenvalue weighted by Crippen LogP contribution is -2.30. The van der Waals surface area contributed by atoms with Gasteiger partial charge in [0.05, 0.1) is 11.1 Å². The largest absolute Gasteiger partial charge is 0.454 e. The van der Waals surface area contributed by atoms with Crippen LogP contribution in [0.15, 0.2) is 102 Å².